The zero-order valence-electron chi connectivity index (χ0n) is 15.5. The standard InChI is InChI=1S/C17H18F2N4O5S2/c18-6-7-21-30(25,26)13-3-1-11(2-4-13)15(23-28-12-5-8-27-10-12)16(24)22-17-20-9-14(19)29-17/h1-4,9,12,21H,5-8,10H2,(H,20,22,24)/t12-/m1/s1. The van der Waals surface area contributed by atoms with E-state index in [0.29, 0.717) is 31.0 Å². The number of carbonyl (C=O) groups excluding carboxylic acids is 1. The summed E-state index contributed by atoms with van der Waals surface area (Å²) in [4.78, 5) is 21.7. The zero-order chi connectivity index (χ0) is 21.6. The van der Waals surface area contributed by atoms with Gasteiger partial charge in [-0.25, -0.2) is 22.5 Å². The Morgan fingerprint density at radius 1 is 1.37 bits per heavy atom. The van der Waals surface area contributed by atoms with Crippen LogP contribution in [-0.4, -0.2) is 57.6 Å². The lowest BCUT2D eigenvalue weighted by molar-refractivity contribution is -0.110. The molecule has 1 aromatic heterocycles. The summed E-state index contributed by atoms with van der Waals surface area (Å²) >= 11 is 0.642. The second kappa shape index (κ2) is 10.0. The van der Waals surface area contributed by atoms with E-state index in [9.17, 15) is 22.0 Å². The number of benzene rings is 1. The van der Waals surface area contributed by atoms with Gasteiger partial charge >= 0.3 is 0 Å². The number of amides is 1. The van der Waals surface area contributed by atoms with Crippen molar-refractivity contribution in [1.82, 2.24) is 9.71 Å². The van der Waals surface area contributed by atoms with E-state index in [0.717, 1.165) is 6.20 Å². The van der Waals surface area contributed by atoms with Gasteiger partial charge in [-0.2, -0.15) is 4.39 Å². The van der Waals surface area contributed by atoms with Gasteiger partial charge in [0, 0.05) is 18.5 Å². The van der Waals surface area contributed by atoms with Gasteiger partial charge in [0.05, 0.1) is 24.3 Å². The van der Waals surface area contributed by atoms with Crippen LogP contribution in [0.4, 0.5) is 13.9 Å². The summed E-state index contributed by atoms with van der Waals surface area (Å²) in [7, 11) is -3.88. The van der Waals surface area contributed by atoms with Crippen LogP contribution in [0.1, 0.15) is 12.0 Å². The molecule has 2 heterocycles. The lowest BCUT2D eigenvalue weighted by Crippen LogP contribution is -2.27. The quantitative estimate of drug-likeness (QED) is 0.434. The lowest BCUT2D eigenvalue weighted by Gasteiger charge is -2.10. The third-order valence-electron chi connectivity index (χ3n) is 3.92. The van der Waals surface area contributed by atoms with Gasteiger partial charge in [0.15, 0.2) is 22.1 Å². The molecule has 1 amide bonds. The number of ether oxygens (including phenoxy) is 1. The third kappa shape index (κ3) is 5.78. The Hall–Kier alpha value is -2.48. The minimum Gasteiger partial charge on any atom is -0.389 e. The maximum Gasteiger partial charge on any atom is 0.280 e. The number of nitrogens with one attached hydrogen (secondary N) is 2. The Kier molecular flexibility index (Phi) is 7.42. The Balaban J connectivity index is 1.83. The molecule has 1 atom stereocenters. The van der Waals surface area contributed by atoms with Gasteiger partial charge < -0.3 is 9.57 Å². The molecule has 0 spiro atoms. The SMILES string of the molecule is O=C(Nc1ncc(F)s1)C(=NO[C@@H]1CCOC1)c1ccc(S(=O)(=O)NCCF)cc1. The number of sulfonamides is 1. The first-order valence-corrected chi connectivity index (χ1v) is 11.1. The van der Waals surface area contributed by atoms with Crippen molar-refractivity contribution in [3.63, 3.8) is 0 Å². The molecule has 30 heavy (non-hydrogen) atoms. The number of rotatable bonds is 9. The highest BCUT2D eigenvalue weighted by Crippen LogP contribution is 2.18. The minimum atomic E-state index is -3.88. The maximum absolute atomic E-state index is 13.1. The van der Waals surface area contributed by atoms with E-state index >= 15 is 0 Å². The average Bonchev–Trinajstić information content (AvgIpc) is 3.39. The fourth-order valence-corrected chi connectivity index (χ4v) is 4.01. The van der Waals surface area contributed by atoms with Crippen LogP contribution in [-0.2, 0) is 24.4 Å². The van der Waals surface area contributed by atoms with Crippen molar-refractivity contribution < 1.29 is 31.6 Å². The second-order valence-corrected chi connectivity index (χ2v) is 8.81. The average molecular weight is 460 g/mol. The number of anilines is 1. The monoisotopic (exact) mass is 460 g/mol. The van der Waals surface area contributed by atoms with Crippen LogP contribution in [0, 0.1) is 5.13 Å². The molecule has 0 radical (unpaired) electrons. The number of thiazole rings is 1. The molecule has 1 saturated heterocycles. The van der Waals surface area contributed by atoms with E-state index in [1.54, 1.807) is 0 Å². The topological polar surface area (TPSA) is 119 Å². The van der Waals surface area contributed by atoms with E-state index < -0.39 is 27.7 Å². The molecule has 1 aromatic carbocycles. The summed E-state index contributed by atoms with van der Waals surface area (Å²) in [6.07, 6.45) is 1.25. The first kappa shape index (κ1) is 22.2. The van der Waals surface area contributed by atoms with Gasteiger partial charge in [-0.05, 0) is 12.1 Å². The van der Waals surface area contributed by atoms with Crippen molar-refractivity contribution in [1.29, 1.82) is 0 Å². The van der Waals surface area contributed by atoms with Crippen molar-refractivity contribution in [3.8, 4) is 0 Å². The van der Waals surface area contributed by atoms with Crippen LogP contribution in [0.3, 0.4) is 0 Å². The van der Waals surface area contributed by atoms with Crippen molar-refractivity contribution in [2.75, 3.05) is 31.7 Å². The highest BCUT2D eigenvalue weighted by atomic mass is 32.2. The van der Waals surface area contributed by atoms with E-state index in [1.165, 1.54) is 24.3 Å². The maximum atomic E-state index is 13.1. The predicted molar refractivity (Wildman–Crippen MR) is 105 cm³/mol. The fraction of sp³-hybridized carbons (Fsp3) is 0.353. The Labute approximate surface area is 175 Å². The van der Waals surface area contributed by atoms with E-state index in [4.69, 9.17) is 9.57 Å². The molecule has 13 heteroatoms. The van der Waals surface area contributed by atoms with Crippen LogP contribution in [0.5, 0.6) is 0 Å². The number of aromatic nitrogens is 1. The molecule has 0 aliphatic carbocycles. The lowest BCUT2D eigenvalue weighted by atomic mass is 10.1. The molecular formula is C17H18F2N4O5S2. The van der Waals surface area contributed by atoms with Crippen molar-refractivity contribution in [2.24, 2.45) is 5.16 Å². The van der Waals surface area contributed by atoms with Crippen LogP contribution >= 0.6 is 11.3 Å². The number of carbonyl (C=O) groups is 1. The van der Waals surface area contributed by atoms with E-state index in [2.05, 4.69) is 20.2 Å². The van der Waals surface area contributed by atoms with Gasteiger partial charge in [-0.1, -0.05) is 28.6 Å². The second-order valence-electron chi connectivity index (χ2n) is 6.07. The highest BCUT2D eigenvalue weighted by Gasteiger charge is 2.22. The van der Waals surface area contributed by atoms with Crippen molar-refractivity contribution >= 4 is 38.1 Å². The highest BCUT2D eigenvalue weighted by molar-refractivity contribution is 7.89. The molecule has 1 aliphatic rings. The number of nitrogens with zero attached hydrogens (tertiary/aromatic N) is 2. The largest absolute Gasteiger partial charge is 0.389 e. The van der Waals surface area contributed by atoms with Gasteiger partial charge in [-0.15, -0.1) is 0 Å². The first-order chi connectivity index (χ1) is 14.4. The number of alkyl halides is 1. The Morgan fingerprint density at radius 3 is 2.73 bits per heavy atom. The van der Waals surface area contributed by atoms with Crippen LogP contribution in [0.25, 0.3) is 0 Å². The molecule has 2 N–H and O–H groups in total. The Morgan fingerprint density at radius 2 is 2.13 bits per heavy atom. The molecule has 0 unspecified atom stereocenters. The zero-order valence-corrected chi connectivity index (χ0v) is 17.1. The molecule has 162 valence electrons. The van der Waals surface area contributed by atoms with E-state index in [1.807, 2.05) is 0 Å². The van der Waals surface area contributed by atoms with Gasteiger partial charge in [0.1, 0.15) is 6.67 Å². The van der Waals surface area contributed by atoms with Crippen LogP contribution < -0.4 is 10.0 Å². The van der Waals surface area contributed by atoms with Crippen LogP contribution in [0.15, 0.2) is 40.5 Å². The minimum absolute atomic E-state index is 0.0315. The molecule has 1 aliphatic heterocycles. The summed E-state index contributed by atoms with van der Waals surface area (Å²) in [6, 6.07) is 5.22. The summed E-state index contributed by atoms with van der Waals surface area (Å²) in [5.74, 6) is -0.713. The number of halogens is 2. The third-order valence-corrected chi connectivity index (χ3v) is 6.10. The summed E-state index contributed by atoms with van der Waals surface area (Å²) in [5, 5.41) is 5.80. The molecule has 2 aromatic rings. The first-order valence-electron chi connectivity index (χ1n) is 8.79. The smallest absolute Gasteiger partial charge is 0.280 e. The normalized spacial score (nSPS) is 17.1. The number of hydrogen-bond donors (Lipinski definition) is 2. The van der Waals surface area contributed by atoms with Crippen molar-refractivity contribution in [2.45, 2.75) is 17.4 Å². The van der Waals surface area contributed by atoms with Crippen LogP contribution in [0.2, 0.25) is 0 Å². The fourth-order valence-electron chi connectivity index (χ4n) is 2.47. The molecule has 0 bridgehead atoms. The van der Waals surface area contributed by atoms with Gasteiger partial charge in [0.25, 0.3) is 5.91 Å². The molecular weight excluding hydrogens is 442 g/mol. The summed E-state index contributed by atoms with van der Waals surface area (Å²) in [6.45, 7) is -0.346. The summed E-state index contributed by atoms with van der Waals surface area (Å²) in [5.41, 5.74) is 0.103. The summed E-state index contributed by atoms with van der Waals surface area (Å²) < 4.78 is 56.9. The molecule has 9 nitrogen and oxygen atoms in total. The predicted octanol–water partition coefficient (Wildman–Crippen LogP) is 1.68. The van der Waals surface area contributed by atoms with Gasteiger partial charge in [0.2, 0.25) is 10.0 Å². The van der Waals surface area contributed by atoms with E-state index in [-0.39, 0.29) is 34.0 Å². The molecule has 0 saturated carbocycles. The number of hydrogen-bond acceptors (Lipinski definition) is 8. The van der Waals surface area contributed by atoms with Crippen molar-refractivity contribution in [3.05, 3.63) is 41.2 Å². The Bertz CT molecular complexity index is 1010. The number of oxime groups is 1. The molecule has 1 fully saturated rings. The molecule has 3 rings (SSSR count). The van der Waals surface area contributed by atoms with Gasteiger partial charge in [-0.3, -0.25) is 10.1 Å².